The van der Waals surface area contributed by atoms with E-state index in [2.05, 4.69) is 0 Å². The van der Waals surface area contributed by atoms with Crippen LogP contribution in [0.1, 0.15) is 35.2 Å². The lowest BCUT2D eigenvalue weighted by Crippen LogP contribution is -2.48. The molecule has 7 nitrogen and oxygen atoms in total. The summed E-state index contributed by atoms with van der Waals surface area (Å²) in [4.78, 5) is 35.3. The predicted octanol–water partition coefficient (Wildman–Crippen LogP) is 1.98. The fraction of sp³-hybridized carbons (Fsp3) is 0.429. The zero-order valence-electron chi connectivity index (χ0n) is 11.6. The van der Waals surface area contributed by atoms with Crippen molar-refractivity contribution in [3.8, 4) is 0 Å². The molecule has 2 rings (SSSR count). The number of carbonyl (C=O) groups is 2. The van der Waals surface area contributed by atoms with Crippen molar-refractivity contribution in [3.05, 3.63) is 39.4 Å². The van der Waals surface area contributed by atoms with E-state index in [9.17, 15) is 24.8 Å². The van der Waals surface area contributed by atoms with E-state index in [1.807, 2.05) is 0 Å². The first-order chi connectivity index (χ1) is 9.91. The highest BCUT2D eigenvalue weighted by Gasteiger charge is 2.33. The Morgan fingerprint density at radius 3 is 2.71 bits per heavy atom. The number of carboxylic acids is 1. The highest BCUT2D eigenvalue weighted by Crippen LogP contribution is 2.24. The Morgan fingerprint density at radius 1 is 1.38 bits per heavy atom. The lowest BCUT2D eigenvalue weighted by molar-refractivity contribution is -0.385. The van der Waals surface area contributed by atoms with Gasteiger partial charge in [-0.15, -0.1) is 0 Å². The molecule has 7 heteroatoms. The second-order valence-corrected chi connectivity index (χ2v) is 5.11. The van der Waals surface area contributed by atoms with Crippen LogP contribution < -0.4 is 0 Å². The minimum absolute atomic E-state index is 0.135. The van der Waals surface area contributed by atoms with Crippen molar-refractivity contribution in [1.29, 1.82) is 0 Å². The smallest absolute Gasteiger partial charge is 0.326 e. The third-order valence-electron chi connectivity index (χ3n) is 3.70. The maximum atomic E-state index is 12.4. The van der Waals surface area contributed by atoms with Gasteiger partial charge in [-0.3, -0.25) is 14.9 Å². The molecule has 0 aliphatic carbocycles. The Kier molecular flexibility index (Phi) is 4.21. The van der Waals surface area contributed by atoms with Crippen molar-refractivity contribution in [1.82, 2.24) is 4.90 Å². The van der Waals surface area contributed by atoms with E-state index < -0.39 is 22.8 Å². The number of rotatable bonds is 3. The number of hydrogen-bond donors (Lipinski definition) is 1. The summed E-state index contributed by atoms with van der Waals surface area (Å²) < 4.78 is 0. The molecule has 1 aliphatic heterocycles. The average molecular weight is 292 g/mol. The molecule has 0 bridgehead atoms. The summed E-state index contributed by atoms with van der Waals surface area (Å²) in [6, 6.07) is 3.36. The van der Waals surface area contributed by atoms with Gasteiger partial charge in [0.1, 0.15) is 6.04 Å². The number of likely N-dealkylation sites (tertiary alicyclic amines) is 1. The van der Waals surface area contributed by atoms with E-state index in [0.29, 0.717) is 18.5 Å². The first-order valence-electron chi connectivity index (χ1n) is 6.70. The predicted molar refractivity (Wildman–Crippen MR) is 74.1 cm³/mol. The van der Waals surface area contributed by atoms with Crippen LogP contribution in [0.5, 0.6) is 0 Å². The van der Waals surface area contributed by atoms with Gasteiger partial charge in [0.05, 0.1) is 4.92 Å². The van der Waals surface area contributed by atoms with Crippen molar-refractivity contribution in [2.24, 2.45) is 0 Å². The van der Waals surface area contributed by atoms with Crippen molar-refractivity contribution < 1.29 is 19.6 Å². The first kappa shape index (κ1) is 15.0. The molecule has 1 N–H and O–H groups in total. The Hall–Kier alpha value is -2.44. The second kappa shape index (κ2) is 5.90. The Bertz CT molecular complexity index is 599. The van der Waals surface area contributed by atoms with E-state index in [4.69, 9.17) is 0 Å². The maximum absolute atomic E-state index is 12.4. The number of benzene rings is 1. The number of carboxylic acid groups (broad SMARTS) is 1. The summed E-state index contributed by atoms with van der Waals surface area (Å²) in [6.45, 7) is 1.95. The fourth-order valence-electron chi connectivity index (χ4n) is 2.54. The summed E-state index contributed by atoms with van der Waals surface area (Å²) >= 11 is 0. The topological polar surface area (TPSA) is 101 Å². The van der Waals surface area contributed by atoms with Gasteiger partial charge < -0.3 is 10.0 Å². The van der Waals surface area contributed by atoms with Gasteiger partial charge in [0, 0.05) is 23.7 Å². The number of nitro benzene ring substituents is 1. The first-order valence-corrected chi connectivity index (χ1v) is 6.70. The lowest BCUT2D eigenvalue weighted by atomic mass is 10.0. The molecule has 1 aromatic rings. The van der Waals surface area contributed by atoms with Gasteiger partial charge in [0.15, 0.2) is 0 Å². The molecule has 0 saturated carbocycles. The van der Waals surface area contributed by atoms with Crippen LogP contribution in [0.3, 0.4) is 0 Å². The number of nitro groups is 1. The zero-order valence-corrected chi connectivity index (χ0v) is 11.6. The van der Waals surface area contributed by atoms with Gasteiger partial charge in [0.25, 0.3) is 11.6 Å². The van der Waals surface area contributed by atoms with Gasteiger partial charge in [-0.25, -0.2) is 4.79 Å². The number of aliphatic carboxylic acids is 1. The third-order valence-corrected chi connectivity index (χ3v) is 3.70. The van der Waals surface area contributed by atoms with E-state index in [0.717, 1.165) is 12.8 Å². The summed E-state index contributed by atoms with van der Waals surface area (Å²) in [7, 11) is 0. The quantitative estimate of drug-likeness (QED) is 0.678. The van der Waals surface area contributed by atoms with Crippen LogP contribution in [-0.4, -0.2) is 39.4 Å². The monoisotopic (exact) mass is 292 g/mol. The van der Waals surface area contributed by atoms with Crippen molar-refractivity contribution in [3.63, 3.8) is 0 Å². The Labute approximate surface area is 121 Å². The summed E-state index contributed by atoms with van der Waals surface area (Å²) in [5.41, 5.74) is 0.482. The molecule has 112 valence electrons. The molecule has 0 spiro atoms. The number of hydrogen-bond acceptors (Lipinski definition) is 4. The molecule has 1 atom stereocenters. The SMILES string of the molecule is Cc1ccc(C(=O)N2CCCC[C@@H]2C(=O)O)cc1[N+](=O)[O-]. The molecule has 1 saturated heterocycles. The van der Waals surface area contributed by atoms with Crippen LogP contribution in [0.25, 0.3) is 0 Å². The number of piperidine rings is 1. The van der Waals surface area contributed by atoms with E-state index in [-0.39, 0.29) is 11.3 Å². The van der Waals surface area contributed by atoms with Crippen molar-refractivity contribution in [2.75, 3.05) is 6.54 Å². The van der Waals surface area contributed by atoms with Crippen LogP contribution in [0.15, 0.2) is 18.2 Å². The lowest BCUT2D eigenvalue weighted by Gasteiger charge is -2.33. The maximum Gasteiger partial charge on any atom is 0.326 e. The molecule has 1 heterocycles. The van der Waals surface area contributed by atoms with Crippen LogP contribution in [0, 0.1) is 17.0 Å². The van der Waals surface area contributed by atoms with Gasteiger partial charge >= 0.3 is 5.97 Å². The fourth-order valence-corrected chi connectivity index (χ4v) is 2.54. The molecule has 21 heavy (non-hydrogen) atoms. The molecule has 0 radical (unpaired) electrons. The third kappa shape index (κ3) is 3.01. The second-order valence-electron chi connectivity index (χ2n) is 5.11. The summed E-state index contributed by atoms with van der Waals surface area (Å²) in [5.74, 6) is -1.50. The van der Waals surface area contributed by atoms with Gasteiger partial charge in [-0.1, -0.05) is 6.07 Å². The van der Waals surface area contributed by atoms with Crippen LogP contribution >= 0.6 is 0 Å². The molecule has 1 aliphatic rings. The van der Waals surface area contributed by atoms with E-state index in [1.165, 1.54) is 23.1 Å². The molecule has 1 fully saturated rings. The van der Waals surface area contributed by atoms with E-state index in [1.54, 1.807) is 6.92 Å². The summed E-state index contributed by atoms with van der Waals surface area (Å²) in [6.07, 6.45) is 1.91. The Balaban J connectivity index is 2.32. The molecular weight excluding hydrogens is 276 g/mol. The molecule has 0 unspecified atom stereocenters. The average Bonchev–Trinajstić information content (AvgIpc) is 2.46. The van der Waals surface area contributed by atoms with Crippen LogP contribution in [0.4, 0.5) is 5.69 Å². The minimum Gasteiger partial charge on any atom is -0.480 e. The van der Waals surface area contributed by atoms with Crippen LogP contribution in [-0.2, 0) is 4.79 Å². The normalized spacial score (nSPS) is 18.3. The zero-order chi connectivity index (χ0) is 15.6. The number of nitrogens with zero attached hydrogens (tertiary/aromatic N) is 2. The molecular formula is C14H16N2O5. The van der Waals surface area contributed by atoms with Crippen LogP contribution in [0.2, 0.25) is 0 Å². The van der Waals surface area contributed by atoms with Gasteiger partial charge in [-0.2, -0.15) is 0 Å². The number of aryl methyl sites for hydroxylation is 1. The Morgan fingerprint density at radius 2 is 2.10 bits per heavy atom. The number of carbonyl (C=O) groups excluding carboxylic acids is 1. The molecule has 1 aromatic carbocycles. The van der Waals surface area contributed by atoms with Crippen molar-refractivity contribution >= 4 is 17.6 Å². The number of amides is 1. The minimum atomic E-state index is -1.04. The molecule has 1 amide bonds. The van der Waals surface area contributed by atoms with Crippen molar-refractivity contribution in [2.45, 2.75) is 32.2 Å². The summed E-state index contributed by atoms with van der Waals surface area (Å²) in [5, 5.41) is 20.1. The molecule has 0 aromatic heterocycles. The highest BCUT2D eigenvalue weighted by atomic mass is 16.6. The van der Waals surface area contributed by atoms with Gasteiger partial charge in [-0.05, 0) is 32.3 Å². The largest absolute Gasteiger partial charge is 0.480 e. The standard InChI is InChI=1S/C14H16N2O5/c1-9-5-6-10(8-12(9)16(20)21)13(17)15-7-3-2-4-11(15)14(18)19/h5-6,8,11H,2-4,7H2,1H3,(H,18,19)/t11-/m1/s1. The van der Waals surface area contributed by atoms with E-state index >= 15 is 0 Å². The van der Waals surface area contributed by atoms with Gasteiger partial charge in [0.2, 0.25) is 0 Å². The highest BCUT2D eigenvalue weighted by molar-refractivity contribution is 5.97.